The van der Waals surface area contributed by atoms with Gasteiger partial charge in [0.05, 0.1) is 0 Å². The lowest BCUT2D eigenvalue weighted by Gasteiger charge is -2.17. The first-order chi connectivity index (χ1) is 28.1. The Labute approximate surface area is 329 Å². The monoisotopic (exact) mass is 724 g/mol. The highest BCUT2D eigenvalue weighted by Gasteiger charge is 2.16. The molecule has 0 radical (unpaired) electrons. The highest BCUT2D eigenvalue weighted by Crippen LogP contribution is 2.43. The number of halogens is 1. The Morgan fingerprint density at radius 2 is 0.596 bits per heavy atom. The van der Waals surface area contributed by atoms with E-state index in [1.54, 1.807) is 12.1 Å². The summed E-state index contributed by atoms with van der Waals surface area (Å²) in [5.41, 5.74) is 11.3. The fraction of sp³-hybridized carbons (Fsp3) is 0. The standard InChI is InChI=1S/C56H33F/c57-46-24-17-34(18-25-46)52-33-42(41-9-3-10-43(31-41)47-26-19-39-15-13-35-5-1-7-37-21-29-50(47)55(39)53(35)37)23-28-49(52)45-12-4-11-44(32-45)48-27-20-40-16-14-36-6-2-8-38-22-30-51(48)56(40)54(36)38/h1-33H. The largest absolute Gasteiger partial charge is 0.207 e. The number of hydrogen-bond donors (Lipinski definition) is 0. The lowest BCUT2D eigenvalue weighted by molar-refractivity contribution is 0.628. The Hall–Kier alpha value is -7.35. The van der Waals surface area contributed by atoms with E-state index in [9.17, 15) is 4.39 Å². The van der Waals surface area contributed by atoms with Gasteiger partial charge in [0.1, 0.15) is 5.82 Å². The maximum absolute atomic E-state index is 14.3. The fourth-order valence-corrected chi connectivity index (χ4v) is 9.54. The van der Waals surface area contributed by atoms with Gasteiger partial charge in [0.15, 0.2) is 0 Å². The first-order valence-corrected chi connectivity index (χ1v) is 19.6. The van der Waals surface area contributed by atoms with Crippen LogP contribution in [0.1, 0.15) is 0 Å². The van der Waals surface area contributed by atoms with E-state index in [1.807, 2.05) is 12.1 Å². The molecule has 0 fully saturated rings. The van der Waals surface area contributed by atoms with Gasteiger partial charge >= 0.3 is 0 Å². The van der Waals surface area contributed by atoms with E-state index < -0.39 is 0 Å². The topological polar surface area (TPSA) is 0 Å². The summed E-state index contributed by atoms with van der Waals surface area (Å²) in [5, 5.41) is 15.4. The second-order valence-electron chi connectivity index (χ2n) is 15.4. The van der Waals surface area contributed by atoms with Crippen LogP contribution < -0.4 is 0 Å². The molecule has 0 unspecified atom stereocenters. The van der Waals surface area contributed by atoms with Gasteiger partial charge in [-0.3, -0.25) is 0 Å². The average Bonchev–Trinajstić information content (AvgIpc) is 3.27. The van der Waals surface area contributed by atoms with Crippen molar-refractivity contribution in [2.24, 2.45) is 0 Å². The zero-order valence-corrected chi connectivity index (χ0v) is 30.9. The normalized spacial score (nSPS) is 11.9. The molecule has 57 heavy (non-hydrogen) atoms. The van der Waals surface area contributed by atoms with E-state index in [2.05, 4.69) is 176 Å². The van der Waals surface area contributed by atoms with Crippen molar-refractivity contribution < 1.29 is 4.39 Å². The summed E-state index contributed by atoms with van der Waals surface area (Å²) >= 11 is 0. The third kappa shape index (κ3) is 4.99. The summed E-state index contributed by atoms with van der Waals surface area (Å²) < 4.78 is 14.3. The molecule has 0 bridgehead atoms. The fourth-order valence-electron chi connectivity index (χ4n) is 9.54. The van der Waals surface area contributed by atoms with E-state index in [1.165, 1.54) is 86.9 Å². The first kappa shape index (κ1) is 31.9. The minimum Gasteiger partial charge on any atom is -0.207 e. The van der Waals surface area contributed by atoms with Crippen molar-refractivity contribution >= 4 is 64.6 Å². The zero-order chi connectivity index (χ0) is 37.6. The molecule has 0 aliphatic carbocycles. The van der Waals surface area contributed by atoms with Gasteiger partial charge in [0, 0.05) is 0 Å². The molecule has 12 aromatic carbocycles. The van der Waals surface area contributed by atoms with Crippen LogP contribution in [-0.2, 0) is 0 Å². The lowest BCUT2D eigenvalue weighted by atomic mass is 9.87. The van der Waals surface area contributed by atoms with Crippen molar-refractivity contribution in [3.05, 3.63) is 206 Å². The molecule has 0 aromatic heterocycles. The van der Waals surface area contributed by atoms with Crippen LogP contribution in [0.3, 0.4) is 0 Å². The molecule has 0 nitrogen and oxygen atoms in total. The zero-order valence-electron chi connectivity index (χ0n) is 30.9. The Morgan fingerprint density at radius 3 is 1.14 bits per heavy atom. The van der Waals surface area contributed by atoms with Crippen molar-refractivity contribution in [3.8, 4) is 55.6 Å². The van der Waals surface area contributed by atoms with Crippen molar-refractivity contribution in [1.29, 1.82) is 0 Å². The molecule has 0 spiro atoms. The molecule has 0 saturated heterocycles. The van der Waals surface area contributed by atoms with Gasteiger partial charge in [-0.05, 0) is 151 Å². The molecule has 0 aliphatic rings. The molecule has 1 heteroatoms. The summed E-state index contributed by atoms with van der Waals surface area (Å²) in [4.78, 5) is 0. The molecule has 0 amide bonds. The molecule has 0 atom stereocenters. The van der Waals surface area contributed by atoms with E-state index in [0.717, 1.165) is 33.4 Å². The second-order valence-corrected chi connectivity index (χ2v) is 15.4. The molecule has 0 aliphatic heterocycles. The molecular weight excluding hydrogens is 692 g/mol. The van der Waals surface area contributed by atoms with Crippen molar-refractivity contribution in [2.45, 2.75) is 0 Å². The lowest BCUT2D eigenvalue weighted by Crippen LogP contribution is -1.91. The summed E-state index contributed by atoms with van der Waals surface area (Å²) in [6, 6.07) is 71.6. The number of benzene rings is 12. The van der Waals surface area contributed by atoms with Gasteiger partial charge in [-0.2, -0.15) is 0 Å². The maximum Gasteiger partial charge on any atom is 0.123 e. The van der Waals surface area contributed by atoms with E-state index in [-0.39, 0.29) is 5.82 Å². The van der Waals surface area contributed by atoms with Crippen LogP contribution in [0.4, 0.5) is 4.39 Å². The molecule has 0 saturated carbocycles. The first-order valence-electron chi connectivity index (χ1n) is 19.6. The molecule has 12 rings (SSSR count). The Balaban J connectivity index is 0.993. The highest BCUT2D eigenvalue weighted by atomic mass is 19.1. The highest BCUT2D eigenvalue weighted by molar-refractivity contribution is 6.26. The average molecular weight is 725 g/mol. The van der Waals surface area contributed by atoms with Crippen molar-refractivity contribution in [3.63, 3.8) is 0 Å². The van der Waals surface area contributed by atoms with Crippen LogP contribution in [0, 0.1) is 5.82 Å². The summed E-state index contributed by atoms with van der Waals surface area (Å²) in [5.74, 6) is -0.242. The van der Waals surface area contributed by atoms with Crippen LogP contribution in [0.2, 0.25) is 0 Å². The van der Waals surface area contributed by atoms with Gasteiger partial charge in [-0.25, -0.2) is 4.39 Å². The summed E-state index contributed by atoms with van der Waals surface area (Å²) in [6.45, 7) is 0. The van der Waals surface area contributed by atoms with Crippen molar-refractivity contribution in [1.82, 2.24) is 0 Å². The molecular formula is C56H33F. The van der Waals surface area contributed by atoms with Gasteiger partial charge in [-0.1, -0.05) is 170 Å². The Kier molecular flexibility index (Phi) is 6.91. The quantitative estimate of drug-likeness (QED) is 0.155. The van der Waals surface area contributed by atoms with Crippen LogP contribution in [0.25, 0.3) is 120 Å². The van der Waals surface area contributed by atoms with E-state index in [4.69, 9.17) is 0 Å². The summed E-state index contributed by atoms with van der Waals surface area (Å²) in [7, 11) is 0. The molecule has 12 aromatic rings. The van der Waals surface area contributed by atoms with Gasteiger partial charge in [0.25, 0.3) is 0 Å². The smallest absolute Gasteiger partial charge is 0.123 e. The minimum absolute atomic E-state index is 0.242. The molecule has 264 valence electrons. The summed E-state index contributed by atoms with van der Waals surface area (Å²) in [6.07, 6.45) is 0. The van der Waals surface area contributed by atoms with Crippen LogP contribution >= 0.6 is 0 Å². The van der Waals surface area contributed by atoms with E-state index >= 15 is 0 Å². The van der Waals surface area contributed by atoms with Crippen molar-refractivity contribution in [2.75, 3.05) is 0 Å². The van der Waals surface area contributed by atoms with Gasteiger partial charge < -0.3 is 0 Å². The Bertz CT molecular complexity index is 3490. The SMILES string of the molecule is Fc1ccc(-c2cc(-c3cccc(-c4ccc5ccc6cccc7ccc4c5c67)c3)ccc2-c2cccc(-c3ccc4ccc5cccc6ccc3c4c56)c2)cc1. The van der Waals surface area contributed by atoms with Gasteiger partial charge in [-0.15, -0.1) is 0 Å². The Morgan fingerprint density at radius 1 is 0.228 bits per heavy atom. The molecule has 0 N–H and O–H groups in total. The van der Waals surface area contributed by atoms with Gasteiger partial charge in [0.2, 0.25) is 0 Å². The number of hydrogen-bond acceptors (Lipinski definition) is 0. The van der Waals surface area contributed by atoms with Crippen LogP contribution in [0.5, 0.6) is 0 Å². The number of rotatable bonds is 5. The van der Waals surface area contributed by atoms with E-state index in [0.29, 0.717) is 0 Å². The second kappa shape index (κ2) is 12.3. The van der Waals surface area contributed by atoms with Crippen LogP contribution in [-0.4, -0.2) is 0 Å². The third-order valence-electron chi connectivity index (χ3n) is 12.2. The predicted molar refractivity (Wildman–Crippen MR) is 241 cm³/mol. The van der Waals surface area contributed by atoms with Crippen LogP contribution in [0.15, 0.2) is 200 Å². The maximum atomic E-state index is 14.3. The molecule has 0 heterocycles. The minimum atomic E-state index is -0.242. The third-order valence-corrected chi connectivity index (χ3v) is 12.2. The predicted octanol–water partition coefficient (Wildman–Crippen LogP) is 16.0.